The lowest BCUT2D eigenvalue weighted by molar-refractivity contribution is 0.0988. The third kappa shape index (κ3) is 1.54. The number of hydrogen-bond acceptors (Lipinski definition) is 3. The summed E-state index contributed by atoms with van der Waals surface area (Å²) in [6.07, 6.45) is 0.449. The van der Waals surface area contributed by atoms with Crippen LogP contribution in [0.5, 0.6) is 0 Å². The first-order chi connectivity index (χ1) is 7.65. The second-order valence-corrected chi connectivity index (χ2v) is 3.78. The third-order valence-electron chi connectivity index (χ3n) is 2.71. The molecule has 2 N–H and O–H groups in total. The van der Waals surface area contributed by atoms with Crippen molar-refractivity contribution >= 4 is 22.4 Å². The fourth-order valence-corrected chi connectivity index (χ4v) is 1.89. The van der Waals surface area contributed by atoms with E-state index in [1.54, 1.807) is 0 Å². The molecule has 0 unspecified atom stereocenters. The first kappa shape index (κ1) is 10.6. The number of aromatic nitrogens is 1. The molecule has 1 aromatic heterocycles. The Balaban J connectivity index is 2.80. The van der Waals surface area contributed by atoms with E-state index in [1.807, 2.05) is 38.1 Å². The second-order valence-electron chi connectivity index (χ2n) is 3.78. The molecular weight excluding hydrogens is 200 g/mol. The Labute approximate surface area is 94.3 Å². The molecule has 16 heavy (non-hydrogen) atoms. The molecule has 0 spiro atoms. The average molecular weight is 214 g/mol. The zero-order chi connectivity index (χ0) is 11.7. The number of pyridine rings is 1. The highest BCUT2D eigenvalue weighted by atomic mass is 16.1. The fraction of sp³-hybridized carbons (Fsp3) is 0.231. The van der Waals surface area contributed by atoms with Gasteiger partial charge in [-0.2, -0.15) is 0 Å². The van der Waals surface area contributed by atoms with Gasteiger partial charge < -0.3 is 5.73 Å². The molecule has 0 fully saturated rings. The quantitative estimate of drug-likeness (QED) is 0.782. The van der Waals surface area contributed by atoms with Gasteiger partial charge in [-0.3, -0.25) is 9.78 Å². The standard InChI is InChI=1S/C13H14N2O/c1-3-11(16)12-8(2)15-10-7-5-4-6-9(10)13(12)14/h4-7H,3H2,1-2H3,(H2,14,15). The van der Waals surface area contributed by atoms with Gasteiger partial charge in [0.15, 0.2) is 5.78 Å². The maximum atomic E-state index is 11.8. The highest BCUT2D eigenvalue weighted by Gasteiger charge is 2.14. The van der Waals surface area contributed by atoms with Crippen LogP contribution < -0.4 is 5.73 Å². The zero-order valence-corrected chi connectivity index (χ0v) is 9.45. The minimum Gasteiger partial charge on any atom is -0.398 e. The highest BCUT2D eigenvalue weighted by molar-refractivity contribution is 6.08. The van der Waals surface area contributed by atoms with Crippen molar-refractivity contribution in [1.29, 1.82) is 0 Å². The molecular formula is C13H14N2O. The molecule has 0 radical (unpaired) electrons. The minimum atomic E-state index is 0.0493. The molecule has 0 aliphatic carbocycles. The van der Waals surface area contributed by atoms with Crippen molar-refractivity contribution in [3.63, 3.8) is 0 Å². The number of carbonyl (C=O) groups is 1. The van der Waals surface area contributed by atoms with E-state index in [1.165, 1.54) is 0 Å². The van der Waals surface area contributed by atoms with Gasteiger partial charge in [-0.15, -0.1) is 0 Å². The number of carbonyl (C=O) groups excluding carboxylic acids is 1. The Morgan fingerprint density at radius 3 is 2.75 bits per heavy atom. The van der Waals surface area contributed by atoms with Gasteiger partial charge in [0.1, 0.15) is 0 Å². The van der Waals surface area contributed by atoms with Crippen molar-refractivity contribution in [3.8, 4) is 0 Å². The molecule has 1 aromatic carbocycles. The molecule has 0 amide bonds. The van der Waals surface area contributed by atoms with Gasteiger partial charge in [0, 0.05) is 11.8 Å². The molecule has 0 bridgehead atoms. The van der Waals surface area contributed by atoms with E-state index in [9.17, 15) is 4.79 Å². The number of benzene rings is 1. The molecule has 2 rings (SSSR count). The number of ketones is 1. The average Bonchev–Trinajstić information content (AvgIpc) is 2.28. The summed E-state index contributed by atoms with van der Waals surface area (Å²) in [5, 5.41) is 0.852. The summed E-state index contributed by atoms with van der Waals surface area (Å²) < 4.78 is 0. The number of rotatable bonds is 2. The number of para-hydroxylation sites is 1. The number of hydrogen-bond donors (Lipinski definition) is 1. The van der Waals surface area contributed by atoms with Crippen LogP contribution >= 0.6 is 0 Å². The molecule has 82 valence electrons. The van der Waals surface area contributed by atoms with Crippen LogP contribution in [0.15, 0.2) is 24.3 Å². The lowest BCUT2D eigenvalue weighted by Gasteiger charge is -2.10. The number of nitrogens with two attached hydrogens (primary N) is 1. The first-order valence-electron chi connectivity index (χ1n) is 5.33. The third-order valence-corrected chi connectivity index (χ3v) is 2.71. The highest BCUT2D eigenvalue weighted by Crippen LogP contribution is 2.26. The van der Waals surface area contributed by atoms with Crippen molar-refractivity contribution in [2.24, 2.45) is 0 Å². The van der Waals surface area contributed by atoms with Gasteiger partial charge >= 0.3 is 0 Å². The van der Waals surface area contributed by atoms with Crippen LogP contribution in [0.1, 0.15) is 29.4 Å². The van der Waals surface area contributed by atoms with Crippen molar-refractivity contribution in [1.82, 2.24) is 4.98 Å². The van der Waals surface area contributed by atoms with Gasteiger partial charge in [0.25, 0.3) is 0 Å². The van der Waals surface area contributed by atoms with Crippen molar-refractivity contribution < 1.29 is 4.79 Å². The van der Waals surface area contributed by atoms with Crippen LogP contribution in [0.25, 0.3) is 10.9 Å². The number of aryl methyl sites for hydroxylation is 1. The summed E-state index contributed by atoms with van der Waals surface area (Å²) in [4.78, 5) is 16.2. The SMILES string of the molecule is CCC(=O)c1c(C)nc2ccccc2c1N. The lowest BCUT2D eigenvalue weighted by Crippen LogP contribution is -2.07. The molecule has 2 aromatic rings. The smallest absolute Gasteiger partial charge is 0.166 e. The number of nitrogen functional groups attached to an aromatic ring is 1. The lowest BCUT2D eigenvalue weighted by atomic mass is 10.0. The van der Waals surface area contributed by atoms with Gasteiger partial charge in [-0.05, 0) is 13.0 Å². The molecule has 0 aliphatic heterocycles. The van der Waals surface area contributed by atoms with E-state index in [-0.39, 0.29) is 5.78 Å². The van der Waals surface area contributed by atoms with Crippen LogP contribution in [0, 0.1) is 6.92 Å². The van der Waals surface area contributed by atoms with Crippen LogP contribution in [-0.2, 0) is 0 Å². The summed E-state index contributed by atoms with van der Waals surface area (Å²) in [7, 11) is 0. The monoisotopic (exact) mass is 214 g/mol. The summed E-state index contributed by atoms with van der Waals surface area (Å²) in [5.41, 5.74) is 8.71. The number of nitrogens with zero attached hydrogens (tertiary/aromatic N) is 1. The Kier molecular flexibility index (Phi) is 2.60. The number of anilines is 1. The van der Waals surface area contributed by atoms with Crippen LogP contribution in [0.3, 0.4) is 0 Å². The van der Waals surface area contributed by atoms with Gasteiger partial charge in [0.05, 0.1) is 22.5 Å². The van der Waals surface area contributed by atoms with E-state index >= 15 is 0 Å². The van der Waals surface area contributed by atoms with Crippen molar-refractivity contribution in [2.75, 3.05) is 5.73 Å². The molecule has 0 atom stereocenters. The van der Waals surface area contributed by atoms with E-state index in [4.69, 9.17) is 5.73 Å². The van der Waals surface area contributed by atoms with Gasteiger partial charge in [-0.25, -0.2) is 0 Å². The normalized spacial score (nSPS) is 10.6. The van der Waals surface area contributed by atoms with E-state index in [0.717, 1.165) is 10.9 Å². The largest absolute Gasteiger partial charge is 0.398 e. The fourth-order valence-electron chi connectivity index (χ4n) is 1.89. The van der Waals surface area contributed by atoms with Crippen LogP contribution in [0.4, 0.5) is 5.69 Å². The van der Waals surface area contributed by atoms with Crippen LogP contribution in [0.2, 0.25) is 0 Å². The Morgan fingerprint density at radius 1 is 1.38 bits per heavy atom. The topological polar surface area (TPSA) is 56.0 Å². The first-order valence-corrected chi connectivity index (χ1v) is 5.33. The van der Waals surface area contributed by atoms with E-state index < -0.39 is 0 Å². The van der Waals surface area contributed by atoms with Crippen molar-refractivity contribution in [3.05, 3.63) is 35.5 Å². The number of fused-ring (bicyclic) bond motifs is 1. The molecule has 3 nitrogen and oxygen atoms in total. The predicted molar refractivity (Wildman–Crippen MR) is 65.5 cm³/mol. The summed E-state index contributed by atoms with van der Waals surface area (Å²) in [6, 6.07) is 7.61. The maximum Gasteiger partial charge on any atom is 0.166 e. The second kappa shape index (κ2) is 3.93. The summed E-state index contributed by atoms with van der Waals surface area (Å²) >= 11 is 0. The maximum absolute atomic E-state index is 11.8. The van der Waals surface area contributed by atoms with Gasteiger partial charge in [0.2, 0.25) is 0 Å². The Hall–Kier alpha value is -1.90. The summed E-state index contributed by atoms with van der Waals surface area (Å²) in [6.45, 7) is 3.65. The van der Waals surface area contributed by atoms with Crippen LogP contribution in [-0.4, -0.2) is 10.8 Å². The zero-order valence-electron chi connectivity index (χ0n) is 9.45. The Morgan fingerprint density at radius 2 is 2.06 bits per heavy atom. The predicted octanol–water partition coefficient (Wildman–Crippen LogP) is 2.72. The van der Waals surface area contributed by atoms with E-state index in [2.05, 4.69) is 4.98 Å². The van der Waals surface area contributed by atoms with Gasteiger partial charge in [-0.1, -0.05) is 25.1 Å². The minimum absolute atomic E-state index is 0.0493. The molecule has 1 heterocycles. The molecule has 0 aliphatic rings. The molecule has 0 saturated heterocycles. The summed E-state index contributed by atoms with van der Waals surface area (Å²) in [5.74, 6) is 0.0493. The Bertz CT molecular complexity index is 561. The van der Waals surface area contributed by atoms with Crippen molar-refractivity contribution in [2.45, 2.75) is 20.3 Å². The molecule has 3 heteroatoms. The van der Waals surface area contributed by atoms with E-state index in [0.29, 0.717) is 23.4 Å². The number of Topliss-reactive ketones (excluding diaryl/α,β-unsaturated/α-hetero) is 1. The molecule has 0 saturated carbocycles.